The Bertz CT molecular complexity index is 891. The lowest BCUT2D eigenvalue weighted by atomic mass is 10.1. The van der Waals surface area contributed by atoms with E-state index in [1.165, 1.54) is 6.08 Å². The Kier molecular flexibility index (Phi) is 6.01. The van der Waals surface area contributed by atoms with E-state index in [4.69, 9.17) is 4.74 Å². The number of hydrogen-bond donors (Lipinski definition) is 0. The highest BCUT2D eigenvalue weighted by atomic mass is 31.2. The van der Waals surface area contributed by atoms with Crippen molar-refractivity contribution in [3.8, 4) is 0 Å². The molecular weight excluding hydrogens is 369 g/mol. The van der Waals surface area contributed by atoms with E-state index >= 15 is 0 Å². The molecule has 0 spiro atoms. The second-order valence-corrected chi connectivity index (χ2v) is 9.87. The molecule has 0 saturated heterocycles. The lowest BCUT2D eigenvalue weighted by molar-refractivity contribution is -0.137. The summed E-state index contributed by atoms with van der Waals surface area (Å²) in [5.41, 5.74) is 0. The van der Waals surface area contributed by atoms with Crippen molar-refractivity contribution in [1.82, 2.24) is 4.90 Å². The van der Waals surface area contributed by atoms with Gasteiger partial charge in [-0.3, -0.25) is 0 Å². The molecular formula is C23H24NO3P. The Morgan fingerprint density at radius 3 is 1.96 bits per heavy atom. The van der Waals surface area contributed by atoms with Crippen molar-refractivity contribution in [3.05, 3.63) is 97.5 Å². The summed E-state index contributed by atoms with van der Waals surface area (Å²) in [6.07, 6.45) is 10.5. The molecule has 0 aromatic heterocycles. The van der Waals surface area contributed by atoms with E-state index in [0.29, 0.717) is 6.61 Å². The smallest absolute Gasteiger partial charge is 0.332 e. The van der Waals surface area contributed by atoms with Crippen LogP contribution in [0.5, 0.6) is 0 Å². The molecule has 28 heavy (non-hydrogen) atoms. The molecule has 4 nitrogen and oxygen atoms in total. The molecule has 1 aliphatic heterocycles. The summed E-state index contributed by atoms with van der Waals surface area (Å²) in [7, 11) is -3.00. The number of esters is 1. The Labute approximate surface area is 166 Å². The standard InChI is InChI=1S/C23H24NO3P/c1-3-27-22(25)14-17-24-18-15-23(2,16-19-24)28(26,20-10-6-4-7-11-20)21-12-8-5-9-13-21/h4-19H,3H2,1-2H3/b17-14+. The van der Waals surface area contributed by atoms with Gasteiger partial charge in [-0.1, -0.05) is 72.8 Å². The summed E-state index contributed by atoms with van der Waals surface area (Å²) in [4.78, 5) is 13.3. The Hall–Kier alpha value is -2.84. The number of carbonyl (C=O) groups is 1. The zero-order chi connectivity index (χ0) is 20.0. The maximum absolute atomic E-state index is 14.5. The maximum Gasteiger partial charge on any atom is 0.332 e. The second-order valence-electron chi connectivity index (χ2n) is 6.65. The molecule has 0 unspecified atom stereocenters. The number of rotatable bonds is 6. The molecule has 0 N–H and O–H groups in total. The lowest BCUT2D eigenvalue weighted by Crippen LogP contribution is -2.34. The van der Waals surface area contributed by atoms with E-state index in [1.807, 2.05) is 92.1 Å². The highest BCUT2D eigenvalue weighted by Crippen LogP contribution is 2.58. The number of carbonyl (C=O) groups excluding carboxylic acids is 1. The van der Waals surface area contributed by atoms with Gasteiger partial charge in [0, 0.05) is 35.3 Å². The van der Waals surface area contributed by atoms with Gasteiger partial charge in [-0.05, 0) is 13.8 Å². The Morgan fingerprint density at radius 2 is 1.50 bits per heavy atom. The molecule has 1 aliphatic rings. The number of benzene rings is 2. The van der Waals surface area contributed by atoms with E-state index < -0.39 is 18.3 Å². The predicted octanol–water partition coefficient (Wildman–Crippen LogP) is 4.18. The lowest BCUT2D eigenvalue weighted by Gasteiger charge is -2.36. The van der Waals surface area contributed by atoms with Crippen LogP contribution in [0.25, 0.3) is 0 Å². The fourth-order valence-electron chi connectivity index (χ4n) is 3.21. The number of allylic oxidation sites excluding steroid dienone is 2. The summed E-state index contributed by atoms with van der Waals surface area (Å²) < 4.78 is 19.4. The van der Waals surface area contributed by atoms with Crippen LogP contribution < -0.4 is 10.6 Å². The molecule has 1 heterocycles. The van der Waals surface area contributed by atoms with Gasteiger partial charge in [0.15, 0.2) is 7.14 Å². The van der Waals surface area contributed by atoms with E-state index in [2.05, 4.69) is 0 Å². The highest BCUT2D eigenvalue weighted by molar-refractivity contribution is 7.80. The van der Waals surface area contributed by atoms with Gasteiger partial charge in [0.05, 0.1) is 11.8 Å². The van der Waals surface area contributed by atoms with Crippen molar-refractivity contribution in [2.75, 3.05) is 6.61 Å². The average Bonchev–Trinajstić information content (AvgIpc) is 2.74. The monoisotopic (exact) mass is 393 g/mol. The van der Waals surface area contributed by atoms with Crippen LogP contribution in [-0.2, 0) is 14.1 Å². The molecule has 0 bridgehead atoms. The first-order valence-electron chi connectivity index (χ1n) is 9.22. The zero-order valence-corrected chi connectivity index (χ0v) is 17.0. The van der Waals surface area contributed by atoms with Gasteiger partial charge in [0.1, 0.15) is 0 Å². The van der Waals surface area contributed by atoms with Crippen molar-refractivity contribution in [2.45, 2.75) is 19.0 Å². The van der Waals surface area contributed by atoms with Gasteiger partial charge < -0.3 is 14.2 Å². The average molecular weight is 393 g/mol. The van der Waals surface area contributed by atoms with Crippen LogP contribution in [0, 0.1) is 0 Å². The third-order valence-electron chi connectivity index (χ3n) is 4.76. The van der Waals surface area contributed by atoms with Crippen LogP contribution in [0.2, 0.25) is 0 Å². The van der Waals surface area contributed by atoms with Crippen LogP contribution in [-0.4, -0.2) is 22.6 Å². The minimum Gasteiger partial charge on any atom is -0.463 e. The van der Waals surface area contributed by atoms with Gasteiger partial charge in [-0.2, -0.15) is 0 Å². The predicted molar refractivity (Wildman–Crippen MR) is 114 cm³/mol. The molecule has 2 aromatic rings. The molecule has 0 amide bonds. The molecule has 0 saturated carbocycles. The van der Waals surface area contributed by atoms with Crippen molar-refractivity contribution < 1.29 is 14.1 Å². The van der Waals surface area contributed by atoms with E-state index in [0.717, 1.165) is 10.6 Å². The van der Waals surface area contributed by atoms with E-state index in [-0.39, 0.29) is 0 Å². The number of hydrogen-bond acceptors (Lipinski definition) is 4. The number of nitrogens with zero attached hydrogens (tertiary/aromatic N) is 1. The van der Waals surface area contributed by atoms with Crippen molar-refractivity contribution >= 4 is 23.7 Å². The fourth-order valence-corrected chi connectivity index (χ4v) is 6.36. The molecule has 0 atom stereocenters. The van der Waals surface area contributed by atoms with Gasteiger partial charge >= 0.3 is 5.97 Å². The maximum atomic E-state index is 14.5. The van der Waals surface area contributed by atoms with E-state index in [1.54, 1.807) is 18.0 Å². The third-order valence-corrected chi connectivity index (χ3v) is 8.46. The van der Waals surface area contributed by atoms with Crippen molar-refractivity contribution in [3.63, 3.8) is 0 Å². The molecule has 5 heteroatoms. The third kappa shape index (κ3) is 3.88. The van der Waals surface area contributed by atoms with Crippen LogP contribution in [0.15, 0.2) is 97.5 Å². The first-order chi connectivity index (χ1) is 13.5. The van der Waals surface area contributed by atoms with Gasteiger partial charge in [-0.25, -0.2) is 4.79 Å². The Balaban J connectivity index is 1.97. The van der Waals surface area contributed by atoms with Crippen LogP contribution in [0.4, 0.5) is 0 Å². The van der Waals surface area contributed by atoms with Crippen LogP contribution in [0.1, 0.15) is 13.8 Å². The van der Waals surface area contributed by atoms with Crippen LogP contribution >= 0.6 is 7.14 Å². The minimum atomic E-state index is -3.00. The normalized spacial score (nSPS) is 15.7. The zero-order valence-electron chi connectivity index (χ0n) is 16.1. The topological polar surface area (TPSA) is 46.6 Å². The summed E-state index contributed by atoms with van der Waals surface area (Å²) in [5.74, 6) is -0.392. The van der Waals surface area contributed by atoms with Gasteiger partial charge in [0.2, 0.25) is 0 Å². The van der Waals surface area contributed by atoms with Crippen LogP contribution in [0.3, 0.4) is 0 Å². The summed E-state index contributed by atoms with van der Waals surface area (Å²) >= 11 is 0. The van der Waals surface area contributed by atoms with Gasteiger partial charge in [-0.15, -0.1) is 0 Å². The molecule has 144 valence electrons. The van der Waals surface area contributed by atoms with Crippen molar-refractivity contribution in [1.29, 1.82) is 0 Å². The summed E-state index contributed by atoms with van der Waals surface area (Å²) in [6, 6.07) is 19.2. The molecule has 0 radical (unpaired) electrons. The molecule has 0 fully saturated rings. The second kappa shape index (κ2) is 8.45. The summed E-state index contributed by atoms with van der Waals surface area (Å²) in [6.45, 7) is 4.08. The largest absolute Gasteiger partial charge is 0.463 e. The van der Waals surface area contributed by atoms with E-state index in [9.17, 15) is 9.36 Å². The van der Waals surface area contributed by atoms with Gasteiger partial charge in [0.25, 0.3) is 0 Å². The fraction of sp³-hybridized carbons (Fsp3) is 0.174. The van der Waals surface area contributed by atoms with Crippen molar-refractivity contribution in [2.24, 2.45) is 0 Å². The molecule has 2 aromatic carbocycles. The number of ether oxygens (including phenoxy) is 1. The highest BCUT2D eigenvalue weighted by Gasteiger charge is 2.44. The molecule has 0 aliphatic carbocycles. The quantitative estimate of drug-likeness (QED) is 0.420. The minimum absolute atomic E-state index is 0.338. The first kappa shape index (κ1) is 19.9. The molecule has 3 rings (SSSR count). The SMILES string of the molecule is CCOC(=O)/C=C/N1C=CC(C)(P(=O)(c2ccccc2)c2ccccc2)C=C1. The Morgan fingerprint density at radius 1 is 1.00 bits per heavy atom. The summed E-state index contributed by atoms with van der Waals surface area (Å²) in [5, 5.41) is 0.936. The first-order valence-corrected chi connectivity index (χ1v) is 10.9.